The zero-order chi connectivity index (χ0) is 14.0. The number of rotatable bonds is 2. The molecule has 1 aromatic rings. The van der Waals surface area contributed by atoms with E-state index >= 15 is 0 Å². The molecule has 2 aliphatic heterocycles. The first-order valence-electron chi connectivity index (χ1n) is 7.11. The molecule has 2 atom stereocenters. The number of hydrogen-bond acceptors (Lipinski definition) is 3. The van der Waals surface area contributed by atoms with Gasteiger partial charge in [-0.1, -0.05) is 30.3 Å². The summed E-state index contributed by atoms with van der Waals surface area (Å²) in [5, 5.41) is -0.317. The second-order valence-electron chi connectivity index (χ2n) is 6.25. The topological polar surface area (TPSA) is 54.5 Å². The van der Waals surface area contributed by atoms with Gasteiger partial charge in [0.1, 0.15) is 0 Å². The zero-order valence-electron chi connectivity index (χ0n) is 11.2. The van der Waals surface area contributed by atoms with Crippen molar-refractivity contribution in [2.75, 3.05) is 12.3 Å². The fourth-order valence-electron chi connectivity index (χ4n) is 3.73. The number of benzene rings is 1. The molecule has 106 valence electrons. The van der Waals surface area contributed by atoms with Gasteiger partial charge in [-0.2, -0.15) is 0 Å². The summed E-state index contributed by atoms with van der Waals surface area (Å²) in [6.07, 6.45) is 2.41. The van der Waals surface area contributed by atoms with Gasteiger partial charge in [-0.15, -0.1) is 0 Å². The van der Waals surface area contributed by atoms with E-state index in [0.717, 1.165) is 18.4 Å². The highest BCUT2D eigenvalue weighted by atomic mass is 32.2. The van der Waals surface area contributed by atoms with E-state index < -0.39 is 9.84 Å². The molecule has 2 heterocycles. The minimum Gasteiger partial charge on any atom is -0.337 e. The molecule has 5 heteroatoms. The first-order valence-corrected chi connectivity index (χ1v) is 8.83. The van der Waals surface area contributed by atoms with Crippen LogP contribution in [-0.2, 0) is 20.0 Å². The van der Waals surface area contributed by atoms with Crippen LogP contribution in [0, 0.1) is 0 Å². The molecular weight excluding hydrogens is 274 g/mol. The van der Waals surface area contributed by atoms with Gasteiger partial charge in [-0.3, -0.25) is 4.79 Å². The molecule has 4 nitrogen and oxygen atoms in total. The van der Waals surface area contributed by atoms with Crippen molar-refractivity contribution in [2.45, 2.75) is 36.0 Å². The highest BCUT2D eigenvalue weighted by molar-refractivity contribution is 7.92. The summed E-state index contributed by atoms with van der Waals surface area (Å²) in [7, 11) is -2.94. The Labute approximate surface area is 118 Å². The van der Waals surface area contributed by atoms with E-state index in [9.17, 15) is 13.2 Å². The van der Waals surface area contributed by atoms with Crippen molar-refractivity contribution in [3.8, 4) is 0 Å². The van der Waals surface area contributed by atoms with E-state index in [2.05, 4.69) is 0 Å². The van der Waals surface area contributed by atoms with Crippen molar-refractivity contribution in [2.24, 2.45) is 0 Å². The standard InChI is InChI=1S/C15H17NO3S/c17-14(15(6-7-15)11-4-2-1-3-5-11)16-9-13-8-12(16)10-20(13,18)19/h1-5,12-13H,6-10H2/t12-,13+/m0/s1. The van der Waals surface area contributed by atoms with Crippen molar-refractivity contribution in [1.29, 1.82) is 0 Å². The molecule has 1 amide bonds. The third-order valence-electron chi connectivity index (χ3n) is 5.06. The number of carbonyl (C=O) groups excluding carboxylic acids is 1. The van der Waals surface area contributed by atoms with Crippen LogP contribution in [0.15, 0.2) is 30.3 Å². The van der Waals surface area contributed by atoms with Crippen LogP contribution >= 0.6 is 0 Å². The van der Waals surface area contributed by atoms with Gasteiger partial charge in [0.25, 0.3) is 0 Å². The maximum atomic E-state index is 12.9. The Hall–Kier alpha value is -1.36. The highest BCUT2D eigenvalue weighted by Crippen LogP contribution is 2.51. The van der Waals surface area contributed by atoms with Crippen molar-refractivity contribution in [3.05, 3.63) is 35.9 Å². The number of nitrogens with zero attached hydrogens (tertiary/aromatic N) is 1. The summed E-state index contributed by atoms with van der Waals surface area (Å²) in [5.74, 6) is 0.306. The number of fused-ring (bicyclic) bond motifs is 2. The van der Waals surface area contributed by atoms with Crippen LogP contribution in [0.5, 0.6) is 0 Å². The van der Waals surface area contributed by atoms with Gasteiger partial charge >= 0.3 is 0 Å². The molecule has 1 aromatic carbocycles. The van der Waals surface area contributed by atoms with Crippen LogP contribution in [0.4, 0.5) is 0 Å². The van der Waals surface area contributed by atoms with Crippen LogP contribution in [0.2, 0.25) is 0 Å². The van der Waals surface area contributed by atoms with E-state index in [0.29, 0.717) is 13.0 Å². The first-order chi connectivity index (χ1) is 9.53. The average molecular weight is 291 g/mol. The Balaban J connectivity index is 1.61. The minimum absolute atomic E-state index is 0.0845. The number of carbonyl (C=O) groups is 1. The molecule has 0 N–H and O–H groups in total. The van der Waals surface area contributed by atoms with Gasteiger partial charge in [0.05, 0.1) is 16.4 Å². The first kappa shape index (κ1) is 12.4. The smallest absolute Gasteiger partial charge is 0.233 e. The van der Waals surface area contributed by atoms with Gasteiger partial charge in [0.15, 0.2) is 9.84 Å². The quantitative estimate of drug-likeness (QED) is 0.820. The normalized spacial score (nSPS) is 32.3. The number of amides is 1. The predicted octanol–water partition coefficient (Wildman–Crippen LogP) is 1.12. The van der Waals surface area contributed by atoms with E-state index in [1.165, 1.54) is 0 Å². The number of hydrogen-bond donors (Lipinski definition) is 0. The Morgan fingerprint density at radius 2 is 1.90 bits per heavy atom. The molecule has 1 aliphatic carbocycles. The van der Waals surface area contributed by atoms with Crippen LogP contribution in [0.25, 0.3) is 0 Å². The summed E-state index contributed by atoms with van der Waals surface area (Å²) in [6.45, 7) is 0.403. The van der Waals surface area contributed by atoms with Gasteiger partial charge in [-0.25, -0.2) is 8.42 Å². The van der Waals surface area contributed by atoms with E-state index in [1.54, 1.807) is 0 Å². The fourth-order valence-corrected chi connectivity index (χ4v) is 5.76. The van der Waals surface area contributed by atoms with Crippen molar-refractivity contribution >= 4 is 15.7 Å². The Morgan fingerprint density at radius 3 is 2.40 bits per heavy atom. The van der Waals surface area contributed by atoms with E-state index in [-0.39, 0.29) is 28.4 Å². The molecule has 20 heavy (non-hydrogen) atoms. The van der Waals surface area contributed by atoms with Crippen molar-refractivity contribution in [3.63, 3.8) is 0 Å². The number of sulfone groups is 1. The summed E-state index contributed by atoms with van der Waals surface area (Å²) < 4.78 is 23.6. The summed E-state index contributed by atoms with van der Waals surface area (Å²) in [6, 6.07) is 9.81. The molecule has 3 fully saturated rings. The summed E-state index contributed by atoms with van der Waals surface area (Å²) in [5.41, 5.74) is 0.714. The van der Waals surface area contributed by atoms with Gasteiger partial charge < -0.3 is 4.90 Å². The summed E-state index contributed by atoms with van der Waals surface area (Å²) >= 11 is 0. The number of likely N-dealkylation sites (tertiary alicyclic amines) is 1. The summed E-state index contributed by atoms with van der Waals surface area (Å²) in [4.78, 5) is 14.7. The zero-order valence-corrected chi connectivity index (χ0v) is 12.0. The second kappa shape index (κ2) is 3.85. The molecular formula is C15H17NO3S. The lowest BCUT2D eigenvalue weighted by Gasteiger charge is -2.31. The van der Waals surface area contributed by atoms with Gasteiger partial charge in [0.2, 0.25) is 5.91 Å². The van der Waals surface area contributed by atoms with E-state index in [1.807, 2.05) is 35.2 Å². The Kier molecular flexibility index (Phi) is 2.38. The lowest BCUT2D eigenvalue weighted by atomic mass is 9.94. The molecule has 0 radical (unpaired) electrons. The van der Waals surface area contributed by atoms with Crippen LogP contribution in [-0.4, -0.2) is 42.8 Å². The average Bonchev–Trinajstić information content (AvgIpc) is 3.07. The maximum absolute atomic E-state index is 12.9. The van der Waals surface area contributed by atoms with Crippen molar-refractivity contribution in [1.82, 2.24) is 4.90 Å². The lowest BCUT2D eigenvalue weighted by Crippen LogP contribution is -2.48. The molecule has 1 saturated carbocycles. The largest absolute Gasteiger partial charge is 0.337 e. The fraction of sp³-hybridized carbons (Fsp3) is 0.533. The molecule has 0 unspecified atom stereocenters. The molecule has 3 aliphatic rings. The second-order valence-corrected chi connectivity index (χ2v) is 8.57. The van der Waals surface area contributed by atoms with Crippen molar-refractivity contribution < 1.29 is 13.2 Å². The predicted molar refractivity (Wildman–Crippen MR) is 75.0 cm³/mol. The lowest BCUT2D eigenvalue weighted by molar-refractivity contribution is -0.134. The SMILES string of the molecule is O=C(N1C[C@H]2C[C@H]1CS2(=O)=O)C1(c2ccccc2)CC1. The third-order valence-corrected chi connectivity index (χ3v) is 7.26. The van der Waals surface area contributed by atoms with Gasteiger partial charge in [0, 0.05) is 12.6 Å². The molecule has 2 bridgehead atoms. The molecule has 0 aromatic heterocycles. The van der Waals surface area contributed by atoms with Gasteiger partial charge in [-0.05, 0) is 24.8 Å². The molecule has 0 spiro atoms. The minimum atomic E-state index is -2.94. The van der Waals surface area contributed by atoms with E-state index in [4.69, 9.17) is 0 Å². The third kappa shape index (κ3) is 1.59. The Bertz CT molecular complexity index is 664. The molecule has 4 rings (SSSR count). The maximum Gasteiger partial charge on any atom is 0.233 e. The van der Waals surface area contributed by atoms with Crippen LogP contribution < -0.4 is 0 Å². The molecule has 2 saturated heterocycles. The monoisotopic (exact) mass is 291 g/mol. The highest BCUT2D eigenvalue weighted by Gasteiger charge is 2.58. The van der Waals surface area contributed by atoms with Crippen LogP contribution in [0.3, 0.4) is 0 Å². The Morgan fingerprint density at radius 1 is 1.20 bits per heavy atom. The van der Waals surface area contributed by atoms with Crippen LogP contribution in [0.1, 0.15) is 24.8 Å².